The van der Waals surface area contributed by atoms with Crippen molar-refractivity contribution in [2.75, 3.05) is 6.61 Å². The van der Waals surface area contributed by atoms with Crippen LogP contribution in [0.3, 0.4) is 0 Å². The van der Waals surface area contributed by atoms with Crippen LogP contribution in [-0.2, 0) is 4.74 Å². The molecule has 1 N–H and O–H groups in total. The summed E-state index contributed by atoms with van der Waals surface area (Å²) in [6, 6.07) is 2.27. The van der Waals surface area contributed by atoms with E-state index < -0.39 is 0 Å². The van der Waals surface area contributed by atoms with Crippen LogP contribution in [0, 0.1) is 46.3 Å². The normalized spacial score (nSPS) is 20.4. The first kappa shape index (κ1) is 22.4. The summed E-state index contributed by atoms with van der Waals surface area (Å²) in [4.78, 5) is 0. The first-order chi connectivity index (χ1) is 10.4. The van der Waals surface area contributed by atoms with Gasteiger partial charge in [0.15, 0.2) is 0 Å². The Hall–Kier alpha value is -0.590. The summed E-state index contributed by atoms with van der Waals surface area (Å²) in [6.07, 6.45) is -0.0163. The van der Waals surface area contributed by atoms with E-state index >= 15 is 0 Å². The molecule has 0 aliphatic rings. The number of hydrogen-bond donors (Lipinski definition) is 1. The fraction of sp³-hybridized carbons (Fsp3) is 0.950. The van der Waals surface area contributed by atoms with E-state index in [4.69, 9.17) is 10.00 Å². The lowest BCUT2D eigenvalue weighted by Crippen LogP contribution is -2.40. The van der Waals surface area contributed by atoms with E-state index in [9.17, 15) is 5.11 Å². The highest BCUT2D eigenvalue weighted by Gasteiger charge is 2.35. The number of nitriles is 1. The summed E-state index contributed by atoms with van der Waals surface area (Å²) < 4.78 is 6.10. The van der Waals surface area contributed by atoms with E-state index in [0.717, 1.165) is 0 Å². The molecule has 0 saturated heterocycles. The van der Waals surface area contributed by atoms with Crippen molar-refractivity contribution in [1.82, 2.24) is 0 Å². The van der Waals surface area contributed by atoms with Crippen LogP contribution in [0.2, 0.25) is 0 Å². The van der Waals surface area contributed by atoms with Gasteiger partial charge in [-0.15, -0.1) is 0 Å². The maximum Gasteiger partial charge on any atom is 0.0733 e. The minimum Gasteiger partial charge on any atom is -0.392 e. The third-order valence-corrected chi connectivity index (χ3v) is 5.63. The van der Waals surface area contributed by atoms with Gasteiger partial charge in [0.25, 0.3) is 0 Å². The molecule has 3 heteroatoms. The van der Waals surface area contributed by atoms with Crippen molar-refractivity contribution >= 4 is 0 Å². The van der Waals surface area contributed by atoms with E-state index in [2.05, 4.69) is 68.4 Å². The molecule has 0 heterocycles. The molecule has 0 bridgehead atoms. The quantitative estimate of drug-likeness (QED) is 0.656. The predicted molar refractivity (Wildman–Crippen MR) is 96.9 cm³/mol. The summed E-state index contributed by atoms with van der Waals surface area (Å²) in [5.74, 6) is 1.75. The molecule has 6 atom stereocenters. The first-order valence-electron chi connectivity index (χ1n) is 9.10. The minimum atomic E-state index is -0.364. The molecule has 23 heavy (non-hydrogen) atoms. The molecule has 0 aromatic heterocycles. The average molecular weight is 326 g/mol. The summed E-state index contributed by atoms with van der Waals surface area (Å²) in [7, 11) is 0. The Balaban J connectivity index is 4.88. The van der Waals surface area contributed by atoms with Crippen molar-refractivity contribution in [2.24, 2.45) is 35.0 Å². The van der Waals surface area contributed by atoms with Crippen molar-refractivity contribution in [2.45, 2.75) is 80.9 Å². The Morgan fingerprint density at radius 2 is 1.48 bits per heavy atom. The molecule has 0 rings (SSSR count). The van der Waals surface area contributed by atoms with Crippen LogP contribution in [0.15, 0.2) is 0 Å². The van der Waals surface area contributed by atoms with Crippen molar-refractivity contribution in [1.29, 1.82) is 5.26 Å². The van der Waals surface area contributed by atoms with Crippen molar-refractivity contribution in [3.63, 3.8) is 0 Å². The van der Waals surface area contributed by atoms with Gasteiger partial charge >= 0.3 is 0 Å². The zero-order chi connectivity index (χ0) is 18.4. The second-order valence-electron chi connectivity index (χ2n) is 8.84. The number of hydrogen-bond acceptors (Lipinski definition) is 3. The molecule has 0 saturated carbocycles. The number of aliphatic hydroxyl groups excluding tert-OH is 1. The van der Waals surface area contributed by atoms with Crippen LogP contribution in [0.5, 0.6) is 0 Å². The van der Waals surface area contributed by atoms with Crippen LogP contribution in [-0.4, -0.2) is 23.9 Å². The SMILES string of the molecule is CC(C)C(C)COC(CC#N)C(C)C(C)[C@@H](C)C(O)C(C)(C)C. The fourth-order valence-electron chi connectivity index (χ4n) is 2.85. The summed E-state index contributed by atoms with van der Waals surface area (Å²) in [6.45, 7) is 19.9. The number of ether oxygens (including phenoxy) is 1. The molecule has 0 aliphatic heterocycles. The molecule has 5 unspecified atom stereocenters. The largest absolute Gasteiger partial charge is 0.392 e. The minimum absolute atomic E-state index is 0.0641. The number of rotatable bonds is 9. The Morgan fingerprint density at radius 3 is 1.87 bits per heavy atom. The van der Waals surface area contributed by atoms with E-state index in [-0.39, 0.29) is 35.4 Å². The molecule has 0 aromatic rings. The Morgan fingerprint density at radius 1 is 0.957 bits per heavy atom. The van der Waals surface area contributed by atoms with Crippen LogP contribution >= 0.6 is 0 Å². The van der Waals surface area contributed by atoms with Gasteiger partial charge in [-0.2, -0.15) is 5.26 Å². The maximum absolute atomic E-state index is 10.6. The standard InChI is InChI=1S/C20H39NO2/c1-13(2)14(3)12-23-18(10-11-21)16(5)15(4)17(6)19(22)20(7,8)9/h13-19,22H,10,12H2,1-9H3/t14?,15?,16?,17-,18?,19?/m1/s1. The van der Waals surface area contributed by atoms with Crippen LogP contribution in [0.4, 0.5) is 0 Å². The van der Waals surface area contributed by atoms with Crippen LogP contribution in [0.25, 0.3) is 0 Å². The van der Waals surface area contributed by atoms with Gasteiger partial charge in [0.1, 0.15) is 0 Å². The second-order valence-corrected chi connectivity index (χ2v) is 8.84. The molecule has 0 aromatic carbocycles. The Kier molecular flexibility index (Phi) is 9.40. The lowest BCUT2D eigenvalue weighted by atomic mass is 9.72. The Bertz CT molecular complexity index is 367. The van der Waals surface area contributed by atoms with Crippen molar-refractivity contribution < 1.29 is 9.84 Å². The molecule has 0 fully saturated rings. The smallest absolute Gasteiger partial charge is 0.0733 e. The number of nitrogens with zero attached hydrogens (tertiary/aromatic N) is 1. The molecule has 0 amide bonds. The predicted octanol–water partition coefficient (Wildman–Crippen LogP) is 4.89. The number of aliphatic hydroxyl groups is 1. The molecule has 3 nitrogen and oxygen atoms in total. The summed E-state index contributed by atoms with van der Waals surface area (Å²) >= 11 is 0. The van der Waals surface area contributed by atoms with Gasteiger partial charge in [0.2, 0.25) is 0 Å². The van der Waals surface area contributed by atoms with Crippen molar-refractivity contribution in [3.05, 3.63) is 0 Å². The molecule has 0 radical (unpaired) electrons. The van der Waals surface area contributed by atoms with Gasteiger partial charge in [0.05, 0.1) is 24.7 Å². The van der Waals surface area contributed by atoms with Gasteiger partial charge in [-0.25, -0.2) is 0 Å². The van der Waals surface area contributed by atoms with E-state index in [1.807, 2.05) is 0 Å². The zero-order valence-corrected chi connectivity index (χ0v) is 16.8. The van der Waals surface area contributed by atoms with Gasteiger partial charge in [-0.3, -0.25) is 0 Å². The van der Waals surface area contributed by atoms with E-state index in [1.165, 1.54) is 0 Å². The van der Waals surface area contributed by atoms with E-state index in [1.54, 1.807) is 0 Å². The second kappa shape index (κ2) is 9.64. The molecular formula is C20H39NO2. The van der Waals surface area contributed by atoms with Gasteiger partial charge in [-0.05, 0) is 35.0 Å². The average Bonchev–Trinajstić information content (AvgIpc) is 2.46. The van der Waals surface area contributed by atoms with Crippen LogP contribution in [0.1, 0.15) is 68.7 Å². The monoisotopic (exact) mass is 325 g/mol. The molecule has 0 aliphatic carbocycles. The van der Waals surface area contributed by atoms with E-state index in [0.29, 0.717) is 24.9 Å². The molecule has 0 spiro atoms. The summed E-state index contributed by atoms with van der Waals surface area (Å²) in [5.41, 5.74) is -0.134. The summed E-state index contributed by atoms with van der Waals surface area (Å²) in [5, 5.41) is 19.7. The highest BCUT2D eigenvalue weighted by molar-refractivity contribution is 4.87. The lowest BCUT2D eigenvalue weighted by Gasteiger charge is -2.38. The van der Waals surface area contributed by atoms with Gasteiger partial charge in [0, 0.05) is 6.61 Å². The van der Waals surface area contributed by atoms with Crippen LogP contribution < -0.4 is 0 Å². The van der Waals surface area contributed by atoms with Crippen molar-refractivity contribution in [3.8, 4) is 6.07 Å². The maximum atomic E-state index is 10.6. The highest BCUT2D eigenvalue weighted by Crippen LogP contribution is 2.35. The highest BCUT2D eigenvalue weighted by atomic mass is 16.5. The first-order valence-corrected chi connectivity index (χ1v) is 9.10. The molecule has 136 valence electrons. The lowest BCUT2D eigenvalue weighted by molar-refractivity contribution is -0.0534. The molecular weight excluding hydrogens is 286 g/mol. The third-order valence-electron chi connectivity index (χ3n) is 5.63. The fourth-order valence-corrected chi connectivity index (χ4v) is 2.85. The van der Waals surface area contributed by atoms with Gasteiger partial charge in [-0.1, -0.05) is 62.3 Å². The Labute approximate surface area is 144 Å². The van der Waals surface area contributed by atoms with Gasteiger partial charge < -0.3 is 9.84 Å². The zero-order valence-electron chi connectivity index (χ0n) is 16.8. The topological polar surface area (TPSA) is 53.2 Å². The third kappa shape index (κ3) is 7.23.